The van der Waals surface area contributed by atoms with Crippen LogP contribution < -0.4 is 9.92 Å². The van der Waals surface area contributed by atoms with Crippen LogP contribution in [0.15, 0.2) is 23.2 Å². The first-order valence-electron chi connectivity index (χ1n) is 8.03. The highest BCUT2D eigenvalue weighted by Crippen LogP contribution is 2.30. The molecule has 1 aromatic carbocycles. The van der Waals surface area contributed by atoms with Crippen LogP contribution in [0.1, 0.15) is 31.3 Å². The number of primary amides is 1. The molecule has 0 aliphatic heterocycles. The van der Waals surface area contributed by atoms with Crippen molar-refractivity contribution in [3.05, 3.63) is 39.8 Å². The third-order valence-corrected chi connectivity index (χ3v) is 5.29. The Bertz CT molecular complexity index is 959. The lowest BCUT2D eigenvalue weighted by atomic mass is 10.1. The van der Waals surface area contributed by atoms with Crippen molar-refractivity contribution < 1.29 is 26.5 Å². The van der Waals surface area contributed by atoms with E-state index in [9.17, 15) is 17.6 Å². The second-order valence-corrected chi connectivity index (χ2v) is 8.32. The Morgan fingerprint density at radius 1 is 1.29 bits per heavy atom. The Morgan fingerprint density at radius 3 is 2.39 bits per heavy atom. The maximum absolute atomic E-state index is 13.7. The summed E-state index contributed by atoms with van der Waals surface area (Å²) in [6.45, 7) is 2.03. The summed E-state index contributed by atoms with van der Waals surface area (Å²) in [6, 6.07) is 3.93. The van der Waals surface area contributed by atoms with Crippen LogP contribution in [-0.2, 0) is 28.1 Å². The number of aromatic nitrogens is 2. The average molecular weight is 454 g/mol. The predicted molar refractivity (Wildman–Crippen MR) is 101 cm³/mol. The van der Waals surface area contributed by atoms with Gasteiger partial charge in [0, 0.05) is 28.6 Å². The predicted octanol–water partition coefficient (Wildman–Crippen LogP) is 3.65. The lowest BCUT2D eigenvalue weighted by Crippen LogP contribution is -2.19. The number of hydrogen-bond acceptors (Lipinski definition) is 6. The quantitative estimate of drug-likeness (QED) is 0.610. The standard InChI is InChI=1S/C16H18Cl2FN3O5S/c1-9(2)14-15(22(8-19)13(21-14)3-4-26-16(20)23)28(24,25)27-12-6-10(17)5-11(18)7-12/h5-7,9H,3-4,8H2,1-2H3,(H2,20,23). The molecule has 0 aliphatic rings. The fraction of sp³-hybridized carbons (Fsp3) is 0.375. The summed E-state index contributed by atoms with van der Waals surface area (Å²) in [4.78, 5) is 14.9. The Kier molecular flexibility index (Phi) is 7.13. The minimum absolute atomic E-state index is 0.0366. The molecule has 154 valence electrons. The molecule has 0 fully saturated rings. The molecule has 12 heteroatoms. The van der Waals surface area contributed by atoms with Crippen LogP contribution in [0.25, 0.3) is 0 Å². The minimum Gasteiger partial charge on any atom is -0.449 e. The first-order chi connectivity index (χ1) is 13.0. The first-order valence-corrected chi connectivity index (χ1v) is 10.2. The van der Waals surface area contributed by atoms with E-state index in [2.05, 4.69) is 9.72 Å². The van der Waals surface area contributed by atoms with Gasteiger partial charge in [-0.2, -0.15) is 8.42 Å². The summed E-state index contributed by atoms with van der Waals surface area (Å²) in [7, 11) is -4.48. The molecule has 1 heterocycles. The van der Waals surface area contributed by atoms with E-state index in [0.717, 1.165) is 4.57 Å². The van der Waals surface area contributed by atoms with Crippen LogP contribution in [0.3, 0.4) is 0 Å². The van der Waals surface area contributed by atoms with Gasteiger partial charge in [0.05, 0.1) is 5.69 Å². The number of alkyl halides is 1. The molecule has 2 aromatic rings. The van der Waals surface area contributed by atoms with E-state index in [-0.39, 0.29) is 46.3 Å². The van der Waals surface area contributed by atoms with E-state index < -0.39 is 28.0 Å². The summed E-state index contributed by atoms with van der Waals surface area (Å²) in [5, 5.41) is -0.0923. The zero-order valence-corrected chi connectivity index (χ0v) is 17.3. The Labute approximate surface area is 171 Å². The molecule has 2 N–H and O–H groups in total. The topological polar surface area (TPSA) is 114 Å². The molecule has 0 spiro atoms. The van der Waals surface area contributed by atoms with Crippen molar-refractivity contribution in [2.24, 2.45) is 5.73 Å². The molecule has 0 saturated carbocycles. The molecule has 8 nitrogen and oxygen atoms in total. The van der Waals surface area contributed by atoms with Crippen LogP contribution in [0, 0.1) is 0 Å². The molecule has 0 radical (unpaired) electrons. The summed E-state index contributed by atoms with van der Waals surface area (Å²) >= 11 is 11.7. The van der Waals surface area contributed by atoms with Gasteiger partial charge in [-0.1, -0.05) is 37.0 Å². The van der Waals surface area contributed by atoms with Crippen LogP contribution in [0.4, 0.5) is 9.18 Å². The van der Waals surface area contributed by atoms with Crippen molar-refractivity contribution in [3.8, 4) is 5.75 Å². The smallest absolute Gasteiger partial charge is 0.404 e. The number of benzene rings is 1. The van der Waals surface area contributed by atoms with Gasteiger partial charge in [0.25, 0.3) is 0 Å². The number of ether oxygens (including phenoxy) is 1. The molecular weight excluding hydrogens is 436 g/mol. The highest BCUT2D eigenvalue weighted by molar-refractivity contribution is 7.87. The molecular formula is C16H18Cl2FN3O5S. The molecule has 2 rings (SSSR count). The van der Waals surface area contributed by atoms with Gasteiger partial charge in [-0.15, -0.1) is 0 Å². The van der Waals surface area contributed by atoms with Gasteiger partial charge >= 0.3 is 16.2 Å². The molecule has 28 heavy (non-hydrogen) atoms. The first kappa shape index (κ1) is 22.3. The van der Waals surface area contributed by atoms with Gasteiger partial charge in [-0.3, -0.25) is 4.57 Å². The number of carbonyl (C=O) groups excluding carboxylic acids is 1. The van der Waals surface area contributed by atoms with E-state index in [0.29, 0.717) is 0 Å². The monoisotopic (exact) mass is 453 g/mol. The number of nitrogens with zero attached hydrogens (tertiary/aromatic N) is 2. The van der Waals surface area contributed by atoms with Crippen LogP contribution >= 0.6 is 23.2 Å². The molecule has 1 amide bonds. The normalized spacial score (nSPS) is 11.6. The van der Waals surface area contributed by atoms with Crippen LogP contribution in [0.5, 0.6) is 5.75 Å². The Balaban J connectivity index is 2.48. The van der Waals surface area contributed by atoms with Crippen molar-refractivity contribution in [1.29, 1.82) is 0 Å². The largest absolute Gasteiger partial charge is 0.449 e. The fourth-order valence-corrected chi connectivity index (χ4v) is 4.34. The van der Waals surface area contributed by atoms with Crippen molar-refractivity contribution in [2.45, 2.75) is 38.0 Å². The van der Waals surface area contributed by atoms with E-state index in [1.165, 1.54) is 18.2 Å². The van der Waals surface area contributed by atoms with Crippen molar-refractivity contribution in [2.75, 3.05) is 6.61 Å². The van der Waals surface area contributed by atoms with E-state index in [1.807, 2.05) is 0 Å². The third-order valence-electron chi connectivity index (χ3n) is 3.54. The van der Waals surface area contributed by atoms with E-state index >= 15 is 0 Å². The molecule has 0 atom stereocenters. The van der Waals surface area contributed by atoms with Gasteiger partial charge in [0.1, 0.15) is 18.2 Å². The highest BCUT2D eigenvalue weighted by Gasteiger charge is 2.31. The van der Waals surface area contributed by atoms with Crippen molar-refractivity contribution in [3.63, 3.8) is 0 Å². The fourth-order valence-electron chi connectivity index (χ4n) is 2.44. The number of amides is 1. The number of carbonyl (C=O) groups is 1. The highest BCUT2D eigenvalue weighted by atomic mass is 35.5. The Hall–Kier alpha value is -2.04. The second-order valence-electron chi connectivity index (χ2n) is 5.98. The summed E-state index contributed by atoms with van der Waals surface area (Å²) in [5.74, 6) is -0.420. The molecule has 0 bridgehead atoms. The zero-order valence-electron chi connectivity index (χ0n) is 15.0. The van der Waals surface area contributed by atoms with Gasteiger partial charge in [-0.25, -0.2) is 14.2 Å². The maximum Gasteiger partial charge on any atom is 0.404 e. The van der Waals surface area contributed by atoms with E-state index in [1.54, 1.807) is 13.8 Å². The number of nitrogens with two attached hydrogens (primary N) is 1. The molecule has 0 aliphatic carbocycles. The van der Waals surface area contributed by atoms with Crippen molar-refractivity contribution >= 4 is 39.4 Å². The SMILES string of the molecule is CC(C)c1nc(CCOC(N)=O)n(CF)c1S(=O)(=O)Oc1cc(Cl)cc(Cl)c1. The minimum atomic E-state index is -4.48. The number of halogens is 3. The third kappa shape index (κ3) is 5.27. The molecule has 0 unspecified atom stereocenters. The molecule has 1 aromatic heterocycles. The summed E-state index contributed by atoms with van der Waals surface area (Å²) in [5.41, 5.74) is 5.00. The number of rotatable bonds is 8. The average Bonchev–Trinajstić information content (AvgIpc) is 2.92. The van der Waals surface area contributed by atoms with Gasteiger partial charge in [0.15, 0.2) is 11.8 Å². The lowest BCUT2D eigenvalue weighted by molar-refractivity contribution is 0.156. The van der Waals surface area contributed by atoms with Crippen LogP contribution in [-0.4, -0.2) is 30.7 Å². The van der Waals surface area contributed by atoms with E-state index in [4.69, 9.17) is 33.1 Å². The number of imidazole rings is 1. The lowest BCUT2D eigenvalue weighted by Gasteiger charge is -2.12. The second kappa shape index (κ2) is 8.97. The summed E-state index contributed by atoms with van der Waals surface area (Å²) in [6.07, 6.45) is -1.04. The zero-order chi connectivity index (χ0) is 21.1. The van der Waals surface area contributed by atoms with Crippen molar-refractivity contribution in [1.82, 2.24) is 9.55 Å². The van der Waals surface area contributed by atoms with Crippen LogP contribution in [0.2, 0.25) is 10.0 Å². The van der Waals surface area contributed by atoms with Gasteiger partial charge in [0.2, 0.25) is 0 Å². The summed E-state index contributed by atoms with van der Waals surface area (Å²) < 4.78 is 50.1. The van der Waals surface area contributed by atoms with Gasteiger partial charge < -0.3 is 14.7 Å². The number of hydrogen-bond donors (Lipinski definition) is 1. The van der Waals surface area contributed by atoms with Gasteiger partial charge in [-0.05, 0) is 12.0 Å². The Morgan fingerprint density at radius 2 is 1.89 bits per heavy atom. The molecule has 0 saturated heterocycles. The maximum atomic E-state index is 13.7.